The summed E-state index contributed by atoms with van der Waals surface area (Å²) in [5, 5.41) is 0. The van der Waals surface area contributed by atoms with Crippen molar-refractivity contribution in [2.24, 2.45) is 11.7 Å². The van der Waals surface area contributed by atoms with Crippen molar-refractivity contribution in [3.63, 3.8) is 0 Å². The minimum absolute atomic E-state index is 0.00564. The number of hydrogen-bond acceptors (Lipinski definition) is 5. The number of likely N-dealkylation sites (tertiary alicyclic amines) is 1. The Bertz CT molecular complexity index is 1050. The second kappa shape index (κ2) is 10.7. The van der Waals surface area contributed by atoms with Crippen LogP contribution in [-0.2, 0) is 9.84 Å². The van der Waals surface area contributed by atoms with Gasteiger partial charge in [-0.1, -0.05) is 0 Å². The molecule has 0 atom stereocenters. The molecule has 32 heavy (non-hydrogen) atoms. The molecule has 1 fully saturated rings. The molecule has 0 spiro atoms. The summed E-state index contributed by atoms with van der Waals surface area (Å²) in [6, 6.07) is 11.4. The van der Waals surface area contributed by atoms with Crippen molar-refractivity contribution in [3.05, 3.63) is 71.8 Å². The Balaban J connectivity index is 1.53. The molecule has 1 aliphatic rings. The Morgan fingerprint density at radius 3 is 2.28 bits per heavy atom. The highest BCUT2D eigenvalue weighted by Gasteiger charge is 2.28. The summed E-state index contributed by atoms with van der Waals surface area (Å²) in [6.45, 7) is 0.940. The smallest absolute Gasteiger partial charge is 0.253 e. The molecule has 0 unspecified atom stereocenters. The van der Waals surface area contributed by atoms with Gasteiger partial charge in [-0.05, 0) is 67.3 Å². The van der Waals surface area contributed by atoms with E-state index in [4.69, 9.17) is 10.5 Å². The second-order valence-corrected chi connectivity index (χ2v) is 9.79. The van der Waals surface area contributed by atoms with Gasteiger partial charge in [0.25, 0.3) is 5.91 Å². The van der Waals surface area contributed by atoms with Crippen LogP contribution in [0.1, 0.15) is 23.2 Å². The molecule has 2 aromatic carbocycles. The standard InChI is InChI=1S/C23H26F2N2O4S/c24-13-18(14-26)15-31-21-5-7-22(8-6-21)32(29,30)16-17-9-11-27(12-10-17)23(28)19-1-3-20(25)4-2-19/h1-8,13,17H,9-12,14-16,26H2/b18-13+. The quantitative estimate of drug-likeness (QED) is 0.647. The average Bonchev–Trinajstić information content (AvgIpc) is 2.80. The van der Waals surface area contributed by atoms with Gasteiger partial charge in [0, 0.05) is 30.8 Å². The molecule has 2 aromatic rings. The van der Waals surface area contributed by atoms with E-state index in [9.17, 15) is 22.0 Å². The number of halogens is 2. The number of carbonyl (C=O) groups excluding carboxylic acids is 1. The molecule has 172 valence electrons. The van der Waals surface area contributed by atoms with E-state index < -0.39 is 15.7 Å². The fourth-order valence-electron chi connectivity index (χ4n) is 3.54. The number of amides is 1. The van der Waals surface area contributed by atoms with Gasteiger partial charge >= 0.3 is 0 Å². The third-order valence-electron chi connectivity index (χ3n) is 5.47. The van der Waals surface area contributed by atoms with Gasteiger partial charge in [-0.25, -0.2) is 17.2 Å². The first-order valence-electron chi connectivity index (χ1n) is 10.3. The molecule has 6 nitrogen and oxygen atoms in total. The van der Waals surface area contributed by atoms with E-state index in [0.717, 1.165) is 0 Å². The molecule has 1 amide bonds. The second-order valence-electron chi connectivity index (χ2n) is 7.76. The Morgan fingerprint density at radius 2 is 1.72 bits per heavy atom. The maximum absolute atomic E-state index is 13.1. The SMILES string of the molecule is NC/C(=C\F)COc1ccc(S(=O)(=O)CC2CCN(C(=O)c3ccc(F)cc3)CC2)cc1. The molecular formula is C23H26F2N2O4S. The van der Waals surface area contributed by atoms with E-state index in [1.54, 1.807) is 4.90 Å². The maximum atomic E-state index is 13.1. The number of benzene rings is 2. The Hall–Kier alpha value is -2.78. The molecule has 0 aliphatic carbocycles. The van der Waals surface area contributed by atoms with Gasteiger partial charge in [0.15, 0.2) is 9.84 Å². The van der Waals surface area contributed by atoms with Crippen molar-refractivity contribution in [2.45, 2.75) is 17.7 Å². The van der Waals surface area contributed by atoms with Crippen LogP contribution in [0, 0.1) is 11.7 Å². The van der Waals surface area contributed by atoms with Crippen LogP contribution in [0.25, 0.3) is 0 Å². The van der Waals surface area contributed by atoms with Crippen LogP contribution in [0.2, 0.25) is 0 Å². The molecule has 0 aromatic heterocycles. The summed E-state index contributed by atoms with van der Waals surface area (Å²) >= 11 is 0. The topological polar surface area (TPSA) is 89.7 Å². The van der Waals surface area contributed by atoms with Crippen molar-refractivity contribution in [3.8, 4) is 5.75 Å². The van der Waals surface area contributed by atoms with Crippen LogP contribution in [0.3, 0.4) is 0 Å². The van der Waals surface area contributed by atoms with Gasteiger partial charge in [0.2, 0.25) is 0 Å². The zero-order chi connectivity index (χ0) is 23.1. The van der Waals surface area contributed by atoms with Crippen LogP contribution in [0.15, 0.2) is 65.3 Å². The third-order valence-corrected chi connectivity index (χ3v) is 7.37. The summed E-state index contributed by atoms with van der Waals surface area (Å²) < 4.78 is 56.6. The minimum atomic E-state index is -3.50. The highest BCUT2D eigenvalue weighted by molar-refractivity contribution is 7.91. The molecule has 1 saturated heterocycles. The molecular weight excluding hydrogens is 438 g/mol. The van der Waals surface area contributed by atoms with Crippen LogP contribution in [0.4, 0.5) is 8.78 Å². The number of carbonyl (C=O) groups is 1. The number of sulfone groups is 1. The highest BCUT2D eigenvalue weighted by atomic mass is 32.2. The van der Waals surface area contributed by atoms with Crippen LogP contribution in [0.5, 0.6) is 5.75 Å². The minimum Gasteiger partial charge on any atom is -0.489 e. The normalized spacial score (nSPS) is 15.6. The van der Waals surface area contributed by atoms with Gasteiger partial charge in [-0.2, -0.15) is 0 Å². The third kappa shape index (κ3) is 6.14. The summed E-state index contributed by atoms with van der Waals surface area (Å²) in [7, 11) is -3.50. The number of nitrogens with two attached hydrogens (primary N) is 1. The average molecular weight is 465 g/mol. The summed E-state index contributed by atoms with van der Waals surface area (Å²) in [5.74, 6) is -0.225. The van der Waals surface area contributed by atoms with Gasteiger partial charge in [0.05, 0.1) is 17.0 Å². The van der Waals surface area contributed by atoms with Gasteiger partial charge in [0.1, 0.15) is 18.2 Å². The number of hydrogen-bond donors (Lipinski definition) is 1. The van der Waals surface area contributed by atoms with Crippen LogP contribution < -0.4 is 10.5 Å². The molecule has 2 N–H and O–H groups in total. The monoisotopic (exact) mass is 464 g/mol. The van der Waals surface area contributed by atoms with Crippen molar-refractivity contribution >= 4 is 15.7 Å². The summed E-state index contributed by atoms with van der Waals surface area (Å²) in [4.78, 5) is 14.4. The molecule has 1 aliphatic heterocycles. The van der Waals surface area contributed by atoms with E-state index in [0.29, 0.717) is 49.1 Å². The van der Waals surface area contributed by atoms with Crippen molar-refractivity contribution in [1.29, 1.82) is 0 Å². The summed E-state index contributed by atoms with van der Waals surface area (Å²) in [6.07, 6.45) is 1.55. The summed E-state index contributed by atoms with van der Waals surface area (Å²) in [5.41, 5.74) is 6.09. The van der Waals surface area contributed by atoms with Gasteiger partial charge in [-0.15, -0.1) is 0 Å². The molecule has 0 saturated carbocycles. The van der Waals surface area contributed by atoms with E-state index >= 15 is 0 Å². The van der Waals surface area contributed by atoms with Crippen LogP contribution in [-0.4, -0.2) is 51.2 Å². The van der Waals surface area contributed by atoms with E-state index in [-0.39, 0.29) is 35.6 Å². The Labute approximate surface area is 186 Å². The number of nitrogens with zero attached hydrogens (tertiary/aromatic N) is 1. The molecule has 1 heterocycles. The maximum Gasteiger partial charge on any atom is 0.253 e. The van der Waals surface area contributed by atoms with E-state index in [2.05, 4.69) is 0 Å². The van der Waals surface area contributed by atoms with E-state index in [1.807, 2.05) is 0 Å². The van der Waals surface area contributed by atoms with Crippen molar-refractivity contribution < 1.29 is 26.7 Å². The molecule has 3 rings (SSSR count). The lowest BCUT2D eigenvalue weighted by molar-refractivity contribution is 0.0698. The first-order chi connectivity index (χ1) is 15.3. The predicted octanol–water partition coefficient (Wildman–Crippen LogP) is 3.34. The molecule has 9 heteroatoms. The Morgan fingerprint density at radius 1 is 1.09 bits per heavy atom. The predicted molar refractivity (Wildman–Crippen MR) is 117 cm³/mol. The Kier molecular flexibility index (Phi) is 7.98. The van der Waals surface area contributed by atoms with Crippen molar-refractivity contribution in [1.82, 2.24) is 4.90 Å². The molecule has 0 bridgehead atoms. The van der Waals surface area contributed by atoms with Gasteiger partial charge in [-0.3, -0.25) is 4.79 Å². The van der Waals surface area contributed by atoms with Gasteiger partial charge < -0.3 is 15.4 Å². The molecule has 0 radical (unpaired) electrons. The number of piperidine rings is 1. The lowest BCUT2D eigenvalue weighted by Gasteiger charge is -2.32. The van der Waals surface area contributed by atoms with Crippen LogP contribution >= 0.6 is 0 Å². The fourth-order valence-corrected chi connectivity index (χ4v) is 5.24. The zero-order valence-electron chi connectivity index (χ0n) is 17.5. The first kappa shape index (κ1) is 23.9. The zero-order valence-corrected chi connectivity index (χ0v) is 18.4. The number of ether oxygens (including phenoxy) is 1. The lowest BCUT2D eigenvalue weighted by atomic mass is 9.98. The van der Waals surface area contributed by atoms with E-state index in [1.165, 1.54) is 48.5 Å². The lowest BCUT2D eigenvalue weighted by Crippen LogP contribution is -2.39. The van der Waals surface area contributed by atoms with Crippen molar-refractivity contribution in [2.75, 3.05) is 32.0 Å². The number of rotatable bonds is 8. The fraction of sp³-hybridized carbons (Fsp3) is 0.348. The first-order valence-corrected chi connectivity index (χ1v) is 12.0. The largest absolute Gasteiger partial charge is 0.489 e. The highest BCUT2D eigenvalue weighted by Crippen LogP contribution is 2.25.